The molecule has 45 heavy (non-hydrogen) atoms. The molecule has 3 aromatic rings. The standard InChI is InChI=1S/C24H23ClN10O7S3/c1-34-24(30-32-33-34)45-8-10-7-43-21-16(20(39)35(21)17(10)22(40)41)29-19(38)15(13-9-44-23(26)28-13)31-42-5-4-27-18(37)12-6-11(25)2-3-14(12)36/h2-3,6,9,16,21,36H,4-5,7-8H2,1H3,(H2,26,28)(H,27,37)(H,29,38)(H,40,41)/b31-15+/t16?,21-/m1/s1. The smallest absolute Gasteiger partial charge is 0.352 e. The number of aromatic hydroxyl groups is 1. The number of tetrazole rings is 1. The molecule has 21 heteroatoms. The van der Waals surface area contributed by atoms with E-state index < -0.39 is 35.1 Å². The van der Waals surface area contributed by atoms with E-state index in [1.54, 1.807) is 7.05 Å². The molecular formula is C24H23ClN10O7S3. The minimum Gasteiger partial charge on any atom is -0.507 e. The zero-order chi connectivity index (χ0) is 32.2. The third-order valence-corrected chi connectivity index (χ3v) is 9.66. The number of carbonyl (C=O) groups is 4. The van der Waals surface area contributed by atoms with E-state index in [2.05, 4.69) is 36.3 Å². The molecule has 236 valence electrons. The number of anilines is 1. The molecule has 5 rings (SSSR count). The van der Waals surface area contributed by atoms with Gasteiger partial charge in [-0.1, -0.05) is 28.5 Å². The number of oxime groups is 1. The second-order valence-electron chi connectivity index (χ2n) is 9.25. The predicted octanol–water partition coefficient (Wildman–Crippen LogP) is 0.289. The fourth-order valence-corrected chi connectivity index (χ4v) is 7.26. The Balaban J connectivity index is 1.23. The number of carboxylic acids is 1. The number of carbonyl (C=O) groups excluding carboxylic acids is 3. The molecule has 17 nitrogen and oxygen atoms in total. The van der Waals surface area contributed by atoms with E-state index in [1.807, 2.05) is 0 Å². The van der Waals surface area contributed by atoms with Crippen molar-refractivity contribution in [3.05, 3.63) is 51.1 Å². The number of aryl methyl sites for hydroxylation is 1. The lowest BCUT2D eigenvalue weighted by Crippen LogP contribution is -2.71. The molecule has 1 saturated heterocycles. The van der Waals surface area contributed by atoms with Crippen molar-refractivity contribution in [1.29, 1.82) is 0 Å². The predicted molar refractivity (Wildman–Crippen MR) is 164 cm³/mol. The van der Waals surface area contributed by atoms with Gasteiger partial charge in [-0.3, -0.25) is 19.3 Å². The number of nitrogens with one attached hydrogen (secondary N) is 2. The first-order chi connectivity index (χ1) is 21.5. The third-order valence-electron chi connectivity index (χ3n) is 6.31. The molecule has 1 fully saturated rings. The second kappa shape index (κ2) is 13.7. The zero-order valence-electron chi connectivity index (χ0n) is 23.0. The number of amides is 3. The lowest BCUT2D eigenvalue weighted by molar-refractivity contribution is -0.150. The highest BCUT2D eigenvalue weighted by Gasteiger charge is 2.54. The molecule has 2 aromatic heterocycles. The largest absolute Gasteiger partial charge is 0.507 e. The number of nitrogens with zero attached hydrogens (tertiary/aromatic N) is 7. The van der Waals surface area contributed by atoms with Crippen molar-refractivity contribution >= 4 is 81.0 Å². The summed E-state index contributed by atoms with van der Waals surface area (Å²) in [4.78, 5) is 61.5. The van der Waals surface area contributed by atoms with E-state index in [0.717, 1.165) is 16.2 Å². The van der Waals surface area contributed by atoms with Gasteiger partial charge in [-0.15, -0.1) is 28.2 Å². The van der Waals surface area contributed by atoms with E-state index in [0.29, 0.717) is 16.5 Å². The number of aliphatic carboxylic acids is 1. The SMILES string of the molecule is Cn1nnnc1SCC1=C(C(=O)O)N2C(=O)C(NC(=O)/C(=N/OCCNC(=O)c3cc(Cl)ccc3O)c3csc(N)n3)[C@H]2SC1. The van der Waals surface area contributed by atoms with E-state index in [9.17, 15) is 29.4 Å². The molecule has 0 aliphatic carbocycles. The van der Waals surface area contributed by atoms with E-state index in [-0.39, 0.29) is 57.5 Å². The van der Waals surface area contributed by atoms with E-state index in [4.69, 9.17) is 22.2 Å². The maximum atomic E-state index is 13.3. The van der Waals surface area contributed by atoms with Gasteiger partial charge in [0.05, 0.1) is 12.1 Å². The van der Waals surface area contributed by atoms with Gasteiger partial charge in [-0.05, 0) is 34.2 Å². The number of benzene rings is 1. The quantitative estimate of drug-likeness (QED) is 0.0563. The Hall–Kier alpha value is -4.40. The van der Waals surface area contributed by atoms with Crippen molar-refractivity contribution in [1.82, 2.24) is 40.7 Å². The molecule has 2 aliphatic rings. The highest BCUT2D eigenvalue weighted by Crippen LogP contribution is 2.41. The lowest BCUT2D eigenvalue weighted by Gasteiger charge is -2.49. The van der Waals surface area contributed by atoms with Crippen LogP contribution in [0.1, 0.15) is 16.1 Å². The van der Waals surface area contributed by atoms with Crippen molar-refractivity contribution in [3.8, 4) is 5.75 Å². The van der Waals surface area contributed by atoms with Crippen molar-refractivity contribution in [3.63, 3.8) is 0 Å². The van der Waals surface area contributed by atoms with Gasteiger partial charge < -0.3 is 31.4 Å². The summed E-state index contributed by atoms with van der Waals surface area (Å²) in [5.41, 5.74) is 5.89. The first-order valence-electron chi connectivity index (χ1n) is 12.8. The van der Waals surface area contributed by atoms with Crippen LogP contribution < -0.4 is 16.4 Å². The average Bonchev–Trinajstić information content (AvgIpc) is 3.63. The van der Waals surface area contributed by atoms with Crippen LogP contribution in [-0.2, 0) is 26.3 Å². The molecule has 0 radical (unpaired) electrons. The van der Waals surface area contributed by atoms with Gasteiger partial charge >= 0.3 is 5.97 Å². The molecule has 2 atom stereocenters. The molecule has 3 amide bonds. The van der Waals surface area contributed by atoms with E-state index >= 15 is 0 Å². The number of fused-ring (bicyclic) bond motifs is 1. The van der Waals surface area contributed by atoms with Gasteiger partial charge in [-0.2, -0.15) is 0 Å². The lowest BCUT2D eigenvalue weighted by atomic mass is 10.0. The highest BCUT2D eigenvalue weighted by molar-refractivity contribution is 8.01. The van der Waals surface area contributed by atoms with Crippen LogP contribution in [-0.4, -0.2) is 106 Å². The number of nitrogens with two attached hydrogens (primary N) is 1. The van der Waals surface area contributed by atoms with Crippen LogP contribution in [0.3, 0.4) is 0 Å². The molecule has 1 unspecified atom stereocenters. The number of carboxylic acid groups (broad SMARTS) is 1. The van der Waals surface area contributed by atoms with E-state index in [1.165, 1.54) is 51.8 Å². The molecule has 6 N–H and O–H groups in total. The summed E-state index contributed by atoms with van der Waals surface area (Å²) >= 11 is 9.48. The van der Waals surface area contributed by atoms with Gasteiger partial charge in [0.15, 0.2) is 10.8 Å². The topological polar surface area (TPSA) is 240 Å². The number of β-lactam (4-membered cyclic amide) rings is 1. The van der Waals surface area contributed by atoms with Gasteiger partial charge in [0.2, 0.25) is 5.16 Å². The van der Waals surface area contributed by atoms with Crippen LogP contribution in [0.15, 0.2) is 45.2 Å². The number of phenolic OH excluding ortho intramolecular Hbond substituents is 1. The first-order valence-corrected chi connectivity index (χ1v) is 16.1. The number of aromatic nitrogens is 5. The molecule has 4 heterocycles. The molecule has 0 bridgehead atoms. The Morgan fingerprint density at radius 3 is 2.82 bits per heavy atom. The van der Waals surface area contributed by atoms with Crippen molar-refractivity contribution < 1.29 is 34.2 Å². The molecule has 1 aromatic carbocycles. The summed E-state index contributed by atoms with van der Waals surface area (Å²) < 4.78 is 1.45. The Morgan fingerprint density at radius 2 is 2.13 bits per heavy atom. The monoisotopic (exact) mass is 694 g/mol. The zero-order valence-corrected chi connectivity index (χ0v) is 26.2. The number of thiazole rings is 1. The van der Waals surface area contributed by atoms with Gasteiger partial charge in [-0.25, -0.2) is 14.5 Å². The molecule has 2 aliphatic heterocycles. The molecule has 0 saturated carbocycles. The Labute approximate surface area is 271 Å². The highest BCUT2D eigenvalue weighted by atomic mass is 35.5. The summed E-state index contributed by atoms with van der Waals surface area (Å²) in [6.45, 7) is -0.217. The second-order valence-corrected chi connectivity index (χ2v) is 12.6. The number of hydrogen-bond acceptors (Lipinski definition) is 15. The van der Waals surface area contributed by atoms with Crippen LogP contribution in [0.25, 0.3) is 0 Å². The summed E-state index contributed by atoms with van der Waals surface area (Å²) in [5.74, 6) is -2.99. The number of hydrogen-bond donors (Lipinski definition) is 5. The van der Waals surface area contributed by atoms with Crippen molar-refractivity contribution in [2.24, 2.45) is 12.2 Å². The van der Waals surface area contributed by atoms with Gasteiger partial charge in [0.25, 0.3) is 17.7 Å². The summed E-state index contributed by atoms with van der Waals surface area (Å²) in [6, 6.07) is 2.99. The molecule has 0 spiro atoms. The fraction of sp³-hybridized carbons (Fsp3) is 0.292. The van der Waals surface area contributed by atoms with Gasteiger partial charge in [0, 0.05) is 29.0 Å². The fourth-order valence-electron chi connectivity index (χ4n) is 4.21. The molecular weight excluding hydrogens is 672 g/mol. The number of phenols is 1. The maximum absolute atomic E-state index is 13.3. The maximum Gasteiger partial charge on any atom is 0.352 e. The van der Waals surface area contributed by atoms with Crippen molar-refractivity contribution in [2.75, 3.05) is 30.4 Å². The summed E-state index contributed by atoms with van der Waals surface area (Å²) in [7, 11) is 1.65. The number of thioether (sulfide) groups is 2. The van der Waals surface area contributed by atoms with Gasteiger partial charge in [0.1, 0.15) is 35.2 Å². The Bertz CT molecular complexity index is 1730. The van der Waals surface area contributed by atoms with Crippen LogP contribution in [0.2, 0.25) is 5.02 Å². The summed E-state index contributed by atoms with van der Waals surface area (Å²) in [5, 5.41) is 41.7. The van der Waals surface area contributed by atoms with Crippen LogP contribution >= 0.6 is 46.5 Å². The third kappa shape index (κ3) is 6.97. The number of nitrogen functional groups attached to an aromatic ring is 1. The van der Waals surface area contributed by atoms with Crippen LogP contribution in [0, 0.1) is 0 Å². The average molecular weight is 695 g/mol. The normalized spacial score (nSPS) is 17.9. The Kier molecular flexibility index (Phi) is 9.75. The first kappa shape index (κ1) is 32.0. The van der Waals surface area contributed by atoms with Crippen molar-refractivity contribution in [2.45, 2.75) is 16.6 Å². The minimum atomic E-state index is -1.27. The van der Waals surface area contributed by atoms with Crippen LogP contribution in [0.4, 0.5) is 5.13 Å². The Morgan fingerprint density at radius 1 is 1.33 bits per heavy atom. The minimum absolute atomic E-state index is 0.0293. The van der Waals surface area contributed by atoms with Crippen LogP contribution in [0.5, 0.6) is 5.75 Å². The number of halogens is 1. The number of rotatable bonds is 12. The summed E-state index contributed by atoms with van der Waals surface area (Å²) in [6.07, 6.45) is 0.